The highest BCUT2D eigenvalue weighted by Gasteiger charge is 2.27. The lowest BCUT2D eigenvalue weighted by atomic mass is 10.3. The molecule has 1 heterocycles. The minimum Gasteiger partial charge on any atom is -0.352 e. The first kappa shape index (κ1) is 13.8. The van der Waals surface area contributed by atoms with Crippen molar-refractivity contribution in [2.45, 2.75) is 25.8 Å². The second-order valence-corrected chi connectivity index (χ2v) is 4.30. The number of hydrogen-bond acceptors (Lipinski definition) is 3. The van der Waals surface area contributed by atoms with Gasteiger partial charge in [-0.3, -0.25) is 14.9 Å². The smallest absolute Gasteiger partial charge is 0.324 e. The van der Waals surface area contributed by atoms with Crippen molar-refractivity contribution in [3.05, 3.63) is 0 Å². The van der Waals surface area contributed by atoms with Crippen molar-refractivity contribution in [2.75, 3.05) is 19.0 Å². The molecule has 0 saturated carbocycles. The summed E-state index contributed by atoms with van der Waals surface area (Å²) in [7, 11) is 0. The Hall–Kier alpha value is -1.30. The molecule has 0 bridgehead atoms. The topological polar surface area (TPSA) is 78.5 Å². The molecule has 1 saturated heterocycles. The molecule has 0 aromatic carbocycles. The number of urea groups is 1. The molecule has 1 unspecified atom stereocenters. The van der Waals surface area contributed by atoms with Gasteiger partial charge >= 0.3 is 6.03 Å². The van der Waals surface area contributed by atoms with Gasteiger partial charge in [0.15, 0.2) is 0 Å². The number of imide groups is 1. The van der Waals surface area contributed by atoms with Gasteiger partial charge in [0.05, 0.1) is 0 Å². The van der Waals surface area contributed by atoms with E-state index < -0.39 is 6.03 Å². The van der Waals surface area contributed by atoms with Crippen molar-refractivity contribution in [2.24, 2.45) is 0 Å². The molecule has 4 amide bonds. The zero-order valence-corrected chi connectivity index (χ0v) is 10.4. The van der Waals surface area contributed by atoms with Crippen LogP contribution in [0.2, 0.25) is 0 Å². The van der Waals surface area contributed by atoms with E-state index in [4.69, 9.17) is 11.6 Å². The Kier molecular flexibility index (Phi) is 5.21. The maximum atomic E-state index is 11.6. The molecule has 0 spiro atoms. The number of carbonyl (C=O) groups excluding carboxylic acids is 3. The van der Waals surface area contributed by atoms with Gasteiger partial charge in [-0.2, -0.15) is 0 Å². The van der Waals surface area contributed by atoms with E-state index in [2.05, 4.69) is 10.6 Å². The normalized spacial score (nSPS) is 18.9. The third-order valence-electron chi connectivity index (χ3n) is 2.45. The van der Waals surface area contributed by atoms with Gasteiger partial charge in [0, 0.05) is 38.4 Å². The molecule has 17 heavy (non-hydrogen) atoms. The van der Waals surface area contributed by atoms with Crippen molar-refractivity contribution in [1.29, 1.82) is 0 Å². The van der Waals surface area contributed by atoms with Crippen LogP contribution in [0.4, 0.5) is 4.79 Å². The van der Waals surface area contributed by atoms with Crippen LogP contribution in [0.3, 0.4) is 0 Å². The molecule has 1 atom stereocenters. The van der Waals surface area contributed by atoms with Crippen LogP contribution in [-0.2, 0) is 9.59 Å². The summed E-state index contributed by atoms with van der Waals surface area (Å²) in [4.78, 5) is 35.1. The molecule has 0 aliphatic carbocycles. The largest absolute Gasteiger partial charge is 0.352 e. The number of nitrogens with one attached hydrogen (secondary N) is 2. The van der Waals surface area contributed by atoms with Gasteiger partial charge in [-0.15, -0.1) is 11.6 Å². The summed E-state index contributed by atoms with van der Waals surface area (Å²) in [6, 6.07) is -0.450. The summed E-state index contributed by atoms with van der Waals surface area (Å²) < 4.78 is 0. The van der Waals surface area contributed by atoms with Crippen molar-refractivity contribution >= 4 is 29.4 Å². The lowest BCUT2D eigenvalue weighted by Gasteiger charge is -2.16. The fourth-order valence-corrected chi connectivity index (χ4v) is 1.87. The van der Waals surface area contributed by atoms with E-state index in [1.165, 1.54) is 11.8 Å². The molecule has 0 aromatic rings. The number of carbonyl (C=O) groups is 3. The van der Waals surface area contributed by atoms with Crippen molar-refractivity contribution in [3.63, 3.8) is 0 Å². The molecule has 1 aliphatic rings. The summed E-state index contributed by atoms with van der Waals surface area (Å²) in [5.74, 6) is -0.309. The van der Waals surface area contributed by atoms with Crippen LogP contribution in [0.15, 0.2) is 0 Å². The standard InChI is InChI=1S/C10H16ClN3O3/c1-7(15)12-8-3-5-14(6-8)10(17)13-9(16)2-4-11/h8H,2-6H2,1H3,(H,12,15)(H,13,16,17). The van der Waals surface area contributed by atoms with E-state index in [-0.39, 0.29) is 30.2 Å². The van der Waals surface area contributed by atoms with E-state index in [0.717, 1.165) is 0 Å². The van der Waals surface area contributed by atoms with Gasteiger partial charge in [0.1, 0.15) is 0 Å². The molecular formula is C10H16ClN3O3. The van der Waals surface area contributed by atoms with E-state index in [1.807, 2.05) is 0 Å². The number of halogens is 1. The number of amides is 4. The van der Waals surface area contributed by atoms with Gasteiger partial charge in [0.2, 0.25) is 11.8 Å². The highest BCUT2D eigenvalue weighted by molar-refractivity contribution is 6.19. The second-order valence-electron chi connectivity index (χ2n) is 3.92. The minimum atomic E-state index is -0.423. The number of alkyl halides is 1. The Morgan fingerprint density at radius 1 is 1.41 bits per heavy atom. The SMILES string of the molecule is CC(=O)NC1CCN(C(=O)NC(=O)CCCl)C1. The Labute approximate surface area is 105 Å². The zero-order chi connectivity index (χ0) is 12.8. The van der Waals surface area contributed by atoms with Gasteiger partial charge in [-0.25, -0.2) is 4.79 Å². The third-order valence-corrected chi connectivity index (χ3v) is 2.64. The first-order valence-corrected chi connectivity index (χ1v) is 5.98. The van der Waals surface area contributed by atoms with E-state index in [0.29, 0.717) is 19.5 Å². The Balaban J connectivity index is 2.35. The fraction of sp³-hybridized carbons (Fsp3) is 0.700. The molecule has 2 N–H and O–H groups in total. The zero-order valence-electron chi connectivity index (χ0n) is 9.66. The van der Waals surface area contributed by atoms with Gasteiger partial charge < -0.3 is 10.2 Å². The summed E-state index contributed by atoms with van der Waals surface area (Å²) in [6.07, 6.45) is 0.826. The highest BCUT2D eigenvalue weighted by Crippen LogP contribution is 2.09. The summed E-state index contributed by atoms with van der Waals surface area (Å²) in [5, 5.41) is 4.99. The maximum absolute atomic E-state index is 11.6. The predicted molar refractivity (Wildman–Crippen MR) is 62.7 cm³/mol. The first-order chi connectivity index (χ1) is 8.02. The van der Waals surface area contributed by atoms with E-state index in [1.54, 1.807) is 0 Å². The molecule has 0 radical (unpaired) electrons. The Bertz CT molecular complexity index is 322. The first-order valence-electron chi connectivity index (χ1n) is 5.44. The van der Waals surface area contributed by atoms with Crippen LogP contribution in [-0.4, -0.2) is 47.8 Å². The molecule has 1 aliphatic heterocycles. The van der Waals surface area contributed by atoms with Crippen LogP contribution >= 0.6 is 11.6 Å². The van der Waals surface area contributed by atoms with Gasteiger partial charge in [0.25, 0.3) is 0 Å². The molecule has 7 heteroatoms. The fourth-order valence-electron chi connectivity index (χ4n) is 1.70. The summed E-state index contributed by atoms with van der Waals surface area (Å²) in [6.45, 7) is 2.40. The van der Waals surface area contributed by atoms with Crippen molar-refractivity contribution in [3.8, 4) is 0 Å². The monoisotopic (exact) mass is 261 g/mol. The van der Waals surface area contributed by atoms with Crippen molar-refractivity contribution in [1.82, 2.24) is 15.5 Å². The van der Waals surface area contributed by atoms with Crippen LogP contribution in [0.25, 0.3) is 0 Å². The van der Waals surface area contributed by atoms with Crippen LogP contribution < -0.4 is 10.6 Å². The van der Waals surface area contributed by atoms with Gasteiger partial charge in [-0.1, -0.05) is 0 Å². The van der Waals surface area contributed by atoms with Crippen LogP contribution in [0, 0.1) is 0 Å². The van der Waals surface area contributed by atoms with E-state index >= 15 is 0 Å². The molecule has 96 valence electrons. The van der Waals surface area contributed by atoms with E-state index in [9.17, 15) is 14.4 Å². The Morgan fingerprint density at radius 2 is 2.12 bits per heavy atom. The molecule has 0 aromatic heterocycles. The van der Waals surface area contributed by atoms with Gasteiger partial charge in [-0.05, 0) is 6.42 Å². The number of nitrogens with zero attached hydrogens (tertiary/aromatic N) is 1. The lowest BCUT2D eigenvalue weighted by molar-refractivity contribution is -0.120. The third kappa shape index (κ3) is 4.60. The number of rotatable bonds is 3. The second kappa shape index (κ2) is 6.44. The quantitative estimate of drug-likeness (QED) is 0.706. The average Bonchev–Trinajstić information content (AvgIpc) is 2.65. The van der Waals surface area contributed by atoms with Crippen LogP contribution in [0.5, 0.6) is 0 Å². The summed E-state index contributed by atoms with van der Waals surface area (Å²) in [5.41, 5.74) is 0. The summed E-state index contributed by atoms with van der Waals surface area (Å²) >= 11 is 5.39. The molecule has 1 fully saturated rings. The average molecular weight is 262 g/mol. The lowest BCUT2D eigenvalue weighted by Crippen LogP contribution is -2.43. The highest BCUT2D eigenvalue weighted by atomic mass is 35.5. The molecular weight excluding hydrogens is 246 g/mol. The van der Waals surface area contributed by atoms with Crippen molar-refractivity contribution < 1.29 is 14.4 Å². The predicted octanol–water partition coefficient (Wildman–Crippen LogP) is 0.0619. The maximum Gasteiger partial charge on any atom is 0.324 e. The number of likely N-dealkylation sites (tertiary alicyclic amines) is 1. The molecule has 1 rings (SSSR count). The minimum absolute atomic E-state index is 0.0265. The Morgan fingerprint density at radius 3 is 2.71 bits per heavy atom. The van der Waals surface area contributed by atoms with Crippen LogP contribution in [0.1, 0.15) is 19.8 Å². The molecule has 6 nitrogen and oxygen atoms in total. The number of hydrogen-bond donors (Lipinski definition) is 2.